The maximum atomic E-state index is 8.38. The summed E-state index contributed by atoms with van der Waals surface area (Å²) in [4.78, 5) is 7.92. The van der Waals surface area contributed by atoms with Crippen LogP contribution in [0.1, 0.15) is 0 Å². The second kappa shape index (κ2) is 11.8. The first-order valence-electron chi connectivity index (χ1n) is 18.3. The van der Waals surface area contributed by atoms with Gasteiger partial charge in [-0.2, -0.15) is 0 Å². The highest BCUT2D eigenvalue weighted by molar-refractivity contribution is 6.16. The van der Waals surface area contributed by atoms with Crippen molar-refractivity contribution in [1.82, 2.24) is 13.7 Å². The molecule has 0 aliphatic heterocycles. The summed E-state index contributed by atoms with van der Waals surface area (Å²) in [6.07, 6.45) is 0. The van der Waals surface area contributed by atoms with E-state index in [1.807, 2.05) is 24.3 Å². The fourth-order valence-electron chi connectivity index (χ4n) is 8.80. The Morgan fingerprint density at radius 3 is 1.45 bits per heavy atom. The lowest BCUT2D eigenvalue weighted by atomic mass is 10.0. The number of fused-ring (bicyclic) bond motifs is 9. The Hall–Kier alpha value is -7.86. The Bertz CT molecular complexity index is 3350. The molecule has 0 bridgehead atoms. The Morgan fingerprint density at radius 1 is 0.364 bits per heavy atom. The first-order chi connectivity index (χ1) is 27.2. The maximum Gasteiger partial charge on any atom is 0.196 e. The van der Waals surface area contributed by atoms with Crippen molar-refractivity contribution in [3.05, 3.63) is 199 Å². The van der Waals surface area contributed by atoms with E-state index in [9.17, 15) is 0 Å². The zero-order valence-electron chi connectivity index (χ0n) is 29.5. The van der Waals surface area contributed by atoms with Crippen LogP contribution in [0.15, 0.2) is 176 Å². The summed E-state index contributed by atoms with van der Waals surface area (Å²) in [6, 6.07) is 61.2. The minimum absolute atomic E-state index is 0.573. The summed E-state index contributed by atoms with van der Waals surface area (Å²) >= 11 is 0. The maximum absolute atomic E-state index is 8.38. The molecule has 0 fully saturated rings. The van der Waals surface area contributed by atoms with Gasteiger partial charge in [0.2, 0.25) is 0 Å². The Kier molecular flexibility index (Phi) is 6.61. The predicted molar refractivity (Wildman–Crippen MR) is 227 cm³/mol. The lowest BCUT2D eigenvalue weighted by molar-refractivity contribution is 1.13. The largest absolute Gasteiger partial charge is 0.309 e. The molecule has 0 unspecified atom stereocenters. The SMILES string of the molecule is [C-]#[N+]c1ccc2c(c1)c1cccc(-n3c4ccccc4c4ccccc43)c1n2-c1cccc([N+]#[C-])c1-c1ccc(-n2c3ccccc3c3ccccc32)cc1. The van der Waals surface area contributed by atoms with Crippen LogP contribution < -0.4 is 0 Å². The smallest absolute Gasteiger partial charge is 0.196 e. The lowest BCUT2D eigenvalue weighted by Crippen LogP contribution is -2.02. The number of hydrogen-bond donors (Lipinski definition) is 0. The molecule has 0 saturated heterocycles. The van der Waals surface area contributed by atoms with Gasteiger partial charge in [-0.1, -0.05) is 115 Å². The number of benzene rings is 8. The molecule has 0 amide bonds. The van der Waals surface area contributed by atoms with Gasteiger partial charge in [0.1, 0.15) is 0 Å². The number of hydrogen-bond acceptors (Lipinski definition) is 0. The molecule has 0 radical (unpaired) electrons. The zero-order valence-corrected chi connectivity index (χ0v) is 29.5. The summed E-state index contributed by atoms with van der Waals surface area (Å²) in [5.74, 6) is 0. The topological polar surface area (TPSA) is 23.5 Å². The third-order valence-electron chi connectivity index (χ3n) is 11.1. The van der Waals surface area contributed by atoms with Crippen molar-refractivity contribution in [2.45, 2.75) is 0 Å². The van der Waals surface area contributed by atoms with E-state index in [0.717, 1.165) is 72.1 Å². The first kappa shape index (κ1) is 30.7. The van der Waals surface area contributed by atoms with Crippen LogP contribution in [0.2, 0.25) is 0 Å². The fourth-order valence-corrected chi connectivity index (χ4v) is 8.80. The van der Waals surface area contributed by atoms with Crippen molar-refractivity contribution in [2.75, 3.05) is 0 Å². The highest BCUT2D eigenvalue weighted by Crippen LogP contribution is 2.44. The second-order valence-corrected chi connectivity index (χ2v) is 13.9. The van der Waals surface area contributed by atoms with Crippen molar-refractivity contribution in [2.24, 2.45) is 0 Å². The van der Waals surface area contributed by atoms with Gasteiger partial charge in [-0.05, 0) is 71.6 Å². The molecule has 5 nitrogen and oxygen atoms in total. The number of rotatable bonds is 4. The van der Waals surface area contributed by atoms with Crippen LogP contribution in [0.3, 0.4) is 0 Å². The first-order valence-corrected chi connectivity index (χ1v) is 18.3. The molecule has 0 aliphatic carbocycles. The summed E-state index contributed by atoms with van der Waals surface area (Å²) in [5, 5.41) is 6.84. The average molecular weight is 700 g/mol. The van der Waals surface area contributed by atoms with E-state index >= 15 is 0 Å². The normalized spacial score (nSPS) is 11.6. The van der Waals surface area contributed by atoms with E-state index in [4.69, 9.17) is 13.1 Å². The van der Waals surface area contributed by atoms with E-state index in [1.54, 1.807) is 0 Å². The molecule has 11 rings (SSSR count). The summed E-state index contributed by atoms with van der Waals surface area (Å²) in [5.41, 5.74) is 12.5. The van der Waals surface area contributed by atoms with E-state index in [2.05, 4.69) is 175 Å². The van der Waals surface area contributed by atoms with Gasteiger partial charge in [-0.15, -0.1) is 0 Å². The van der Waals surface area contributed by atoms with Crippen LogP contribution >= 0.6 is 0 Å². The number of para-hydroxylation sites is 5. The van der Waals surface area contributed by atoms with Crippen molar-refractivity contribution < 1.29 is 0 Å². The van der Waals surface area contributed by atoms with Gasteiger partial charge in [0.05, 0.1) is 51.9 Å². The number of aromatic nitrogens is 3. The minimum atomic E-state index is 0.573. The fraction of sp³-hybridized carbons (Fsp3) is 0. The van der Waals surface area contributed by atoms with Gasteiger partial charge in [0, 0.05) is 43.9 Å². The molecular formula is C50H29N5. The molecule has 0 N–H and O–H groups in total. The quantitative estimate of drug-likeness (QED) is 0.163. The van der Waals surface area contributed by atoms with Gasteiger partial charge in [-0.3, -0.25) is 0 Å². The third-order valence-corrected chi connectivity index (χ3v) is 11.1. The van der Waals surface area contributed by atoms with Gasteiger partial charge >= 0.3 is 0 Å². The monoisotopic (exact) mass is 699 g/mol. The van der Waals surface area contributed by atoms with Crippen molar-refractivity contribution in [3.63, 3.8) is 0 Å². The summed E-state index contributed by atoms with van der Waals surface area (Å²) < 4.78 is 6.98. The standard InChI is InChI=1S/C50H29N5/c1-51-33-27-30-46-40(31-33)39-17-11-24-48(54-44-21-9-5-15-37(44)38-16-6-10-22-45(38)54)50(39)55(46)47-23-12-18-41(52-2)49(47)32-25-28-34(29-26-32)53-42-19-7-3-13-35(42)36-14-4-8-20-43(36)53/h3-31H. The molecule has 0 atom stereocenters. The Balaban J connectivity index is 1.20. The van der Waals surface area contributed by atoms with Crippen LogP contribution in [0.5, 0.6) is 0 Å². The van der Waals surface area contributed by atoms with Crippen LogP contribution in [0.4, 0.5) is 11.4 Å². The van der Waals surface area contributed by atoms with E-state index in [-0.39, 0.29) is 0 Å². The van der Waals surface area contributed by atoms with Gasteiger partial charge in [0.25, 0.3) is 0 Å². The summed E-state index contributed by atoms with van der Waals surface area (Å²) in [7, 11) is 0. The van der Waals surface area contributed by atoms with Gasteiger partial charge in [0.15, 0.2) is 11.4 Å². The second-order valence-electron chi connectivity index (χ2n) is 13.9. The molecular weight excluding hydrogens is 671 g/mol. The van der Waals surface area contributed by atoms with Gasteiger partial charge < -0.3 is 13.7 Å². The van der Waals surface area contributed by atoms with Crippen LogP contribution in [0.25, 0.3) is 103 Å². The number of nitrogens with zero attached hydrogens (tertiary/aromatic N) is 5. The molecule has 0 aliphatic rings. The lowest BCUT2D eigenvalue weighted by Gasteiger charge is -2.18. The zero-order chi connectivity index (χ0) is 36.6. The van der Waals surface area contributed by atoms with Crippen molar-refractivity contribution >= 4 is 76.8 Å². The summed E-state index contributed by atoms with van der Waals surface area (Å²) in [6.45, 7) is 16.3. The molecule has 11 aromatic rings. The highest BCUT2D eigenvalue weighted by atomic mass is 15.1. The molecule has 0 saturated carbocycles. The minimum Gasteiger partial charge on any atom is -0.309 e. The van der Waals surface area contributed by atoms with Crippen LogP contribution in [0, 0.1) is 13.1 Å². The van der Waals surface area contributed by atoms with Gasteiger partial charge in [-0.25, -0.2) is 9.69 Å². The molecule has 5 heteroatoms. The van der Waals surface area contributed by atoms with E-state index < -0.39 is 0 Å². The Morgan fingerprint density at radius 2 is 0.873 bits per heavy atom. The van der Waals surface area contributed by atoms with Crippen molar-refractivity contribution in [1.29, 1.82) is 0 Å². The van der Waals surface area contributed by atoms with E-state index in [0.29, 0.717) is 11.4 Å². The molecule has 55 heavy (non-hydrogen) atoms. The highest BCUT2D eigenvalue weighted by Gasteiger charge is 2.23. The molecule has 254 valence electrons. The van der Waals surface area contributed by atoms with E-state index in [1.165, 1.54) is 21.5 Å². The van der Waals surface area contributed by atoms with Crippen LogP contribution in [-0.2, 0) is 0 Å². The third kappa shape index (κ3) is 4.39. The predicted octanol–water partition coefficient (Wildman–Crippen LogP) is 13.7. The van der Waals surface area contributed by atoms with Crippen LogP contribution in [-0.4, -0.2) is 13.7 Å². The molecule has 0 spiro atoms. The van der Waals surface area contributed by atoms with Crippen molar-refractivity contribution in [3.8, 4) is 28.2 Å². The average Bonchev–Trinajstić information content (AvgIpc) is 3.89. The molecule has 3 heterocycles. The Labute approximate surface area is 316 Å². The molecule has 8 aromatic carbocycles. The molecule has 3 aromatic heterocycles.